The van der Waals surface area contributed by atoms with Crippen molar-refractivity contribution in [3.8, 4) is 5.75 Å². The van der Waals surface area contributed by atoms with Crippen molar-refractivity contribution in [2.45, 2.75) is 40.7 Å². The Labute approximate surface area is 135 Å². The van der Waals surface area contributed by atoms with Crippen molar-refractivity contribution in [3.05, 3.63) is 29.3 Å². The molecule has 22 heavy (non-hydrogen) atoms. The van der Waals surface area contributed by atoms with Crippen molar-refractivity contribution in [2.24, 2.45) is 0 Å². The molecule has 1 rings (SSSR count). The molecule has 1 aromatic rings. The summed E-state index contributed by atoms with van der Waals surface area (Å²) in [6.45, 7) is 13.0. The Morgan fingerprint density at radius 3 is 2.41 bits per heavy atom. The fraction of sp³-hybridized carbons (Fsp3) is 0.611. The highest BCUT2D eigenvalue weighted by Crippen LogP contribution is 2.19. The standard InChI is InChI=1S/C18H30N2O2/c1-7-20(8-2)12-18(21)19(6)16(5)13-22-17-10-9-14(3)11-15(17)4/h9-11,16H,7-8,12-13H2,1-6H3. The molecule has 4 heteroatoms. The summed E-state index contributed by atoms with van der Waals surface area (Å²) < 4.78 is 5.88. The molecule has 0 fully saturated rings. The Hall–Kier alpha value is -1.55. The average Bonchev–Trinajstić information content (AvgIpc) is 2.50. The van der Waals surface area contributed by atoms with Gasteiger partial charge >= 0.3 is 0 Å². The smallest absolute Gasteiger partial charge is 0.236 e. The predicted molar refractivity (Wildman–Crippen MR) is 91.4 cm³/mol. The quantitative estimate of drug-likeness (QED) is 0.740. The SMILES string of the molecule is CCN(CC)CC(=O)N(C)C(C)COc1ccc(C)cc1C. The number of amides is 1. The van der Waals surface area contributed by atoms with Crippen LogP contribution in [0.3, 0.4) is 0 Å². The van der Waals surface area contributed by atoms with Crippen LogP contribution in [0.1, 0.15) is 31.9 Å². The number of hydrogen-bond donors (Lipinski definition) is 0. The molecule has 0 radical (unpaired) electrons. The summed E-state index contributed by atoms with van der Waals surface area (Å²) in [7, 11) is 1.85. The second-order valence-corrected chi connectivity index (χ2v) is 5.90. The van der Waals surface area contributed by atoms with Crippen LogP contribution in [0.25, 0.3) is 0 Å². The van der Waals surface area contributed by atoms with E-state index in [9.17, 15) is 4.79 Å². The van der Waals surface area contributed by atoms with Crippen LogP contribution in [0.15, 0.2) is 18.2 Å². The molecule has 0 bridgehead atoms. The number of nitrogens with zero attached hydrogens (tertiary/aromatic N) is 2. The summed E-state index contributed by atoms with van der Waals surface area (Å²) in [6, 6.07) is 6.19. The van der Waals surface area contributed by atoms with Gasteiger partial charge in [0.25, 0.3) is 0 Å². The molecule has 0 aromatic heterocycles. The number of rotatable bonds is 8. The van der Waals surface area contributed by atoms with Gasteiger partial charge in [-0.25, -0.2) is 0 Å². The van der Waals surface area contributed by atoms with Crippen LogP contribution in [-0.4, -0.2) is 55.0 Å². The monoisotopic (exact) mass is 306 g/mol. The highest BCUT2D eigenvalue weighted by Gasteiger charge is 2.18. The van der Waals surface area contributed by atoms with Crippen molar-refractivity contribution in [3.63, 3.8) is 0 Å². The first-order chi connectivity index (χ1) is 10.4. The predicted octanol–water partition coefficient (Wildman–Crippen LogP) is 2.87. The number of hydrogen-bond acceptors (Lipinski definition) is 3. The number of likely N-dealkylation sites (N-methyl/N-ethyl adjacent to an activating group) is 2. The lowest BCUT2D eigenvalue weighted by Gasteiger charge is -2.28. The molecule has 1 atom stereocenters. The molecule has 124 valence electrons. The van der Waals surface area contributed by atoms with E-state index < -0.39 is 0 Å². The summed E-state index contributed by atoms with van der Waals surface area (Å²) >= 11 is 0. The lowest BCUT2D eigenvalue weighted by Crippen LogP contribution is -2.44. The zero-order valence-corrected chi connectivity index (χ0v) is 14.8. The molecule has 1 aromatic carbocycles. The van der Waals surface area contributed by atoms with Gasteiger partial charge in [0.05, 0.1) is 12.6 Å². The molecule has 0 aliphatic heterocycles. The van der Waals surface area contributed by atoms with E-state index >= 15 is 0 Å². The summed E-state index contributed by atoms with van der Waals surface area (Å²) in [5, 5.41) is 0. The number of ether oxygens (including phenoxy) is 1. The minimum absolute atomic E-state index is 0.0452. The summed E-state index contributed by atoms with van der Waals surface area (Å²) in [4.78, 5) is 16.2. The van der Waals surface area contributed by atoms with E-state index in [1.807, 2.05) is 33.0 Å². The van der Waals surface area contributed by atoms with Gasteiger partial charge in [-0.2, -0.15) is 0 Å². The van der Waals surface area contributed by atoms with Crippen molar-refractivity contribution < 1.29 is 9.53 Å². The van der Waals surface area contributed by atoms with E-state index in [0.29, 0.717) is 13.2 Å². The van der Waals surface area contributed by atoms with Crippen LogP contribution in [0.4, 0.5) is 0 Å². The van der Waals surface area contributed by atoms with Gasteiger partial charge in [-0.1, -0.05) is 31.5 Å². The minimum Gasteiger partial charge on any atom is -0.491 e. The first kappa shape index (κ1) is 18.5. The van der Waals surface area contributed by atoms with Gasteiger partial charge < -0.3 is 9.64 Å². The van der Waals surface area contributed by atoms with Gasteiger partial charge in [-0.3, -0.25) is 9.69 Å². The average molecular weight is 306 g/mol. The Kier molecular flexibility index (Phi) is 7.39. The number of benzene rings is 1. The second kappa shape index (κ2) is 8.79. The minimum atomic E-state index is 0.0452. The van der Waals surface area contributed by atoms with E-state index in [1.54, 1.807) is 4.90 Å². The van der Waals surface area contributed by atoms with Gasteiger partial charge in [-0.05, 0) is 45.5 Å². The van der Waals surface area contributed by atoms with Crippen LogP contribution in [-0.2, 0) is 4.79 Å². The molecule has 1 amide bonds. The van der Waals surface area contributed by atoms with Gasteiger partial charge in [-0.15, -0.1) is 0 Å². The van der Waals surface area contributed by atoms with Gasteiger partial charge in [0.15, 0.2) is 0 Å². The maximum absolute atomic E-state index is 12.3. The number of carbonyl (C=O) groups is 1. The van der Waals surface area contributed by atoms with Crippen molar-refractivity contribution in [1.29, 1.82) is 0 Å². The van der Waals surface area contributed by atoms with Crippen LogP contribution < -0.4 is 4.74 Å². The highest BCUT2D eigenvalue weighted by molar-refractivity contribution is 5.78. The fourth-order valence-electron chi connectivity index (χ4n) is 2.28. The van der Waals surface area contributed by atoms with E-state index in [2.05, 4.69) is 31.7 Å². The molecule has 0 saturated carbocycles. The normalized spacial score (nSPS) is 12.3. The lowest BCUT2D eigenvalue weighted by molar-refractivity contribution is -0.133. The van der Waals surface area contributed by atoms with Crippen molar-refractivity contribution in [2.75, 3.05) is 33.3 Å². The Morgan fingerprint density at radius 2 is 1.86 bits per heavy atom. The summed E-state index contributed by atoms with van der Waals surface area (Å²) in [5.41, 5.74) is 2.36. The zero-order valence-electron chi connectivity index (χ0n) is 14.8. The molecule has 1 unspecified atom stereocenters. The van der Waals surface area contributed by atoms with Gasteiger partial charge in [0.1, 0.15) is 12.4 Å². The number of carbonyl (C=O) groups excluding carboxylic acids is 1. The van der Waals surface area contributed by atoms with E-state index in [0.717, 1.165) is 24.4 Å². The van der Waals surface area contributed by atoms with Crippen LogP contribution in [0.2, 0.25) is 0 Å². The third kappa shape index (κ3) is 5.34. The molecule has 0 heterocycles. The first-order valence-corrected chi connectivity index (χ1v) is 8.07. The van der Waals surface area contributed by atoms with Crippen molar-refractivity contribution >= 4 is 5.91 Å². The lowest BCUT2D eigenvalue weighted by atomic mass is 10.1. The Morgan fingerprint density at radius 1 is 1.23 bits per heavy atom. The molecule has 0 saturated heterocycles. The maximum Gasteiger partial charge on any atom is 0.236 e. The maximum atomic E-state index is 12.3. The topological polar surface area (TPSA) is 32.8 Å². The molecule has 0 spiro atoms. The third-order valence-electron chi connectivity index (χ3n) is 4.12. The molecule has 4 nitrogen and oxygen atoms in total. The van der Waals surface area contributed by atoms with Crippen LogP contribution >= 0.6 is 0 Å². The fourth-order valence-corrected chi connectivity index (χ4v) is 2.28. The van der Waals surface area contributed by atoms with Crippen molar-refractivity contribution in [1.82, 2.24) is 9.80 Å². The molecule has 0 N–H and O–H groups in total. The first-order valence-electron chi connectivity index (χ1n) is 8.07. The van der Waals surface area contributed by atoms with Gasteiger partial charge in [0.2, 0.25) is 5.91 Å². The molecule has 0 aliphatic rings. The van der Waals surface area contributed by atoms with E-state index in [4.69, 9.17) is 4.74 Å². The highest BCUT2D eigenvalue weighted by atomic mass is 16.5. The Balaban J connectivity index is 2.53. The Bertz CT molecular complexity index is 484. The molecule has 0 aliphatic carbocycles. The second-order valence-electron chi connectivity index (χ2n) is 5.90. The largest absolute Gasteiger partial charge is 0.491 e. The van der Waals surface area contributed by atoms with Crippen LogP contribution in [0.5, 0.6) is 5.75 Å². The molecular formula is C18H30N2O2. The number of aryl methyl sites for hydroxylation is 2. The van der Waals surface area contributed by atoms with E-state index in [1.165, 1.54) is 5.56 Å². The third-order valence-corrected chi connectivity index (χ3v) is 4.12. The van der Waals surface area contributed by atoms with Gasteiger partial charge in [0, 0.05) is 7.05 Å². The zero-order chi connectivity index (χ0) is 16.7. The van der Waals surface area contributed by atoms with E-state index in [-0.39, 0.29) is 11.9 Å². The molecular weight excluding hydrogens is 276 g/mol. The summed E-state index contributed by atoms with van der Waals surface area (Å²) in [5.74, 6) is 1.03. The van der Waals surface area contributed by atoms with Crippen LogP contribution in [0, 0.1) is 13.8 Å². The summed E-state index contributed by atoms with van der Waals surface area (Å²) in [6.07, 6.45) is 0.